The zero-order chi connectivity index (χ0) is 6.69. The van der Waals surface area contributed by atoms with Gasteiger partial charge in [0.25, 0.3) is 5.82 Å². The Morgan fingerprint density at radius 2 is 2.50 bits per heavy atom. The van der Waals surface area contributed by atoms with E-state index in [4.69, 9.17) is 5.26 Å². The molecular weight excluding hydrogens is 194 g/mol. The van der Waals surface area contributed by atoms with E-state index in [2.05, 4.69) is 11.1 Å². The van der Waals surface area contributed by atoms with Gasteiger partial charge in [0.2, 0.25) is 0 Å². The summed E-state index contributed by atoms with van der Waals surface area (Å²) in [6, 6.07) is 2.05. The highest BCUT2D eigenvalue weighted by Crippen LogP contribution is 1.79. The van der Waals surface area contributed by atoms with E-state index in [-0.39, 0.29) is 17.0 Å². The van der Waals surface area contributed by atoms with Crippen molar-refractivity contribution in [1.82, 2.24) is 4.98 Å². The monoisotopic (exact) mass is 201 g/mol. The second-order valence-corrected chi connectivity index (χ2v) is 1.83. The number of nitriles is 1. The average Bonchev–Trinajstić information content (AvgIpc) is 2.18. The standard InChI is InChI=1S/C6H7N3.BrH/c1-6-8-3-5-9(6)4-2-7;/h3,5H,4H2,1H3;1H. The van der Waals surface area contributed by atoms with Crippen molar-refractivity contribution in [1.29, 1.82) is 5.26 Å². The molecule has 1 aromatic heterocycles. The summed E-state index contributed by atoms with van der Waals surface area (Å²) in [5, 5.41) is 8.28. The highest BCUT2D eigenvalue weighted by Gasteiger charge is 2.00. The average molecular weight is 202 g/mol. The number of rotatable bonds is 1. The number of aromatic amines is 1. The highest BCUT2D eigenvalue weighted by molar-refractivity contribution is 4.73. The molecule has 54 valence electrons. The van der Waals surface area contributed by atoms with Crippen molar-refractivity contribution in [3.63, 3.8) is 0 Å². The molecule has 0 amide bonds. The van der Waals surface area contributed by atoms with Gasteiger partial charge >= 0.3 is 0 Å². The Morgan fingerprint density at radius 1 is 1.80 bits per heavy atom. The first-order valence-electron chi connectivity index (χ1n) is 2.75. The van der Waals surface area contributed by atoms with Crippen LogP contribution in [0.5, 0.6) is 0 Å². The van der Waals surface area contributed by atoms with Gasteiger partial charge in [0.05, 0.1) is 0 Å². The number of H-pyrrole nitrogens is 1. The summed E-state index contributed by atoms with van der Waals surface area (Å²) in [6.07, 6.45) is 3.66. The largest absolute Gasteiger partial charge is 1.00 e. The van der Waals surface area contributed by atoms with Gasteiger partial charge in [0.1, 0.15) is 18.5 Å². The van der Waals surface area contributed by atoms with Gasteiger partial charge in [0.15, 0.2) is 6.54 Å². The van der Waals surface area contributed by atoms with Crippen molar-refractivity contribution in [3.8, 4) is 6.07 Å². The number of aryl methyl sites for hydroxylation is 1. The zero-order valence-corrected chi connectivity index (χ0v) is 7.22. The summed E-state index contributed by atoms with van der Waals surface area (Å²) in [4.78, 5) is 2.97. The molecule has 1 heterocycles. The molecule has 0 aliphatic heterocycles. The Bertz CT molecular complexity index is 235. The fraction of sp³-hybridized carbons (Fsp3) is 0.333. The van der Waals surface area contributed by atoms with Gasteiger partial charge in [-0.3, -0.25) is 0 Å². The Hall–Kier alpha value is -0.820. The van der Waals surface area contributed by atoms with Crippen LogP contribution in [0.1, 0.15) is 5.82 Å². The molecule has 3 nitrogen and oxygen atoms in total. The van der Waals surface area contributed by atoms with Crippen LogP contribution in [0.2, 0.25) is 0 Å². The van der Waals surface area contributed by atoms with Crippen LogP contribution in [0.4, 0.5) is 0 Å². The Balaban J connectivity index is 0.000000810. The summed E-state index contributed by atoms with van der Waals surface area (Å²) in [6.45, 7) is 2.35. The minimum Gasteiger partial charge on any atom is -1.00 e. The van der Waals surface area contributed by atoms with E-state index in [0.717, 1.165) is 5.82 Å². The van der Waals surface area contributed by atoms with Crippen molar-refractivity contribution in [2.75, 3.05) is 0 Å². The summed E-state index contributed by atoms with van der Waals surface area (Å²) >= 11 is 0. The lowest BCUT2D eigenvalue weighted by atomic mass is 10.6. The van der Waals surface area contributed by atoms with Crippen LogP contribution >= 0.6 is 0 Å². The van der Waals surface area contributed by atoms with Crippen molar-refractivity contribution in [2.45, 2.75) is 13.5 Å². The van der Waals surface area contributed by atoms with Gasteiger partial charge in [-0.15, -0.1) is 0 Å². The van der Waals surface area contributed by atoms with Crippen molar-refractivity contribution < 1.29 is 21.5 Å². The topological polar surface area (TPSA) is 43.5 Å². The van der Waals surface area contributed by atoms with Crippen LogP contribution in [0.15, 0.2) is 12.4 Å². The molecule has 0 fully saturated rings. The van der Waals surface area contributed by atoms with E-state index in [9.17, 15) is 0 Å². The highest BCUT2D eigenvalue weighted by atomic mass is 79.9. The van der Waals surface area contributed by atoms with Crippen molar-refractivity contribution in [3.05, 3.63) is 18.2 Å². The number of nitrogens with one attached hydrogen (secondary N) is 1. The Kier molecular flexibility index (Phi) is 3.74. The zero-order valence-electron chi connectivity index (χ0n) is 5.63. The first-order valence-corrected chi connectivity index (χ1v) is 2.75. The second kappa shape index (κ2) is 4.07. The summed E-state index contributed by atoms with van der Waals surface area (Å²) in [5.41, 5.74) is 0. The van der Waals surface area contributed by atoms with Gasteiger partial charge in [-0.2, -0.15) is 5.26 Å². The van der Waals surface area contributed by atoms with E-state index >= 15 is 0 Å². The van der Waals surface area contributed by atoms with Crippen LogP contribution in [0.3, 0.4) is 0 Å². The predicted octanol–water partition coefficient (Wildman–Crippen LogP) is -2.86. The molecule has 10 heavy (non-hydrogen) atoms. The first-order chi connectivity index (χ1) is 4.34. The van der Waals surface area contributed by atoms with Crippen LogP contribution in [0, 0.1) is 18.3 Å². The molecule has 0 atom stereocenters. The van der Waals surface area contributed by atoms with Crippen LogP contribution < -0.4 is 21.5 Å². The predicted molar refractivity (Wildman–Crippen MR) is 31.3 cm³/mol. The lowest BCUT2D eigenvalue weighted by Crippen LogP contribution is -3.00. The summed E-state index contributed by atoms with van der Waals surface area (Å²) < 4.78 is 1.85. The molecule has 0 unspecified atom stereocenters. The molecule has 0 saturated heterocycles. The lowest BCUT2D eigenvalue weighted by Gasteiger charge is -1.84. The first kappa shape index (κ1) is 9.18. The second-order valence-electron chi connectivity index (χ2n) is 1.83. The fourth-order valence-corrected chi connectivity index (χ4v) is 0.690. The van der Waals surface area contributed by atoms with E-state index in [1.54, 1.807) is 0 Å². The third-order valence-electron chi connectivity index (χ3n) is 1.22. The quantitative estimate of drug-likeness (QED) is 0.489. The molecule has 0 aliphatic carbocycles. The lowest BCUT2D eigenvalue weighted by molar-refractivity contribution is -0.689. The van der Waals surface area contributed by atoms with Gasteiger partial charge in [-0.25, -0.2) is 9.55 Å². The molecule has 1 N–H and O–H groups in total. The molecule has 0 spiro atoms. The molecule has 0 bridgehead atoms. The Morgan fingerprint density at radius 3 is 2.90 bits per heavy atom. The third kappa shape index (κ3) is 1.85. The van der Waals surface area contributed by atoms with Crippen molar-refractivity contribution >= 4 is 0 Å². The number of aromatic nitrogens is 2. The molecule has 0 aliphatic rings. The van der Waals surface area contributed by atoms with Crippen LogP contribution in [0.25, 0.3) is 0 Å². The maximum absolute atomic E-state index is 8.28. The maximum atomic E-state index is 8.28. The molecule has 0 aromatic carbocycles. The molecule has 1 aromatic rings. The summed E-state index contributed by atoms with van der Waals surface area (Å²) in [7, 11) is 0. The number of nitrogens with zero attached hydrogens (tertiary/aromatic N) is 2. The molecule has 4 heteroatoms. The third-order valence-corrected chi connectivity index (χ3v) is 1.22. The van der Waals surface area contributed by atoms with Crippen LogP contribution in [-0.4, -0.2) is 4.98 Å². The smallest absolute Gasteiger partial charge is 0.251 e. The number of hydrogen-bond donors (Lipinski definition) is 1. The maximum Gasteiger partial charge on any atom is 0.251 e. The molecule has 1 rings (SSSR count). The molecule has 0 saturated carbocycles. The minimum absolute atomic E-state index is 0. The normalized spacial score (nSPS) is 8.00. The SMILES string of the molecule is Cc1[nH]cc[n+]1CC#N.[Br-]. The fourth-order valence-electron chi connectivity index (χ4n) is 0.690. The van der Waals surface area contributed by atoms with Crippen LogP contribution in [-0.2, 0) is 6.54 Å². The molecular formula is C6H8BrN3. The van der Waals surface area contributed by atoms with E-state index < -0.39 is 0 Å². The Labute approximate surface area is 70.1 Å². The minimum atomic E-state index is 0. The van der Waals surface area contributed by atoms with Crippen molar-refractivity contribution in [2.24, 2.45) is 0 Å². The van der Waals surface area contributed by atoms with Gasteiger partial charge < -0.3 is 17.0 Å². The van der Waals surface area contributed by atoms with E-state index in [1.165, 1.54) is 0 Å². The summed E-state index contributed by atoms with van der Waals surface area (Å²) in [5.74, 6) is 1.01. The van der Waals surface area contributed by atoms with Gasteiger partial charge in [0, 0.05) is 6.92 Å². The number of imidazole rings is 1. The van der Waals surface area contributed by atoms with Gasteiger partial charge in [-0.1, -0.05) is 0 Å². The molecule has 0 radical (unpaired) electrons. The number of halogens is 1. The van der Waals surface area contributed by atoms with E-state index in [0.29, 0.717) is 6.54 Å². The number of hydrogen-bond acceptors (Lipinski definition) is 1. The van der Waals surface area contributed by atoms with E-state index in [1.807, 2.05) is 23.9 Å². The van der Waals surface area contributed by atoms with Gasteiger partial charge in [-0.05, 0) is 0 Å².